The summed E-state index contributed by atoms with van der Waals surface area (Å²) in [4.78, 5) is 60.4. The molecular weight excluding hydrogens is 742 g/mol. The maximum absolute atomic E-state index is 15.1. The van der Waals surface area contributed by atoms with Gasteiger partial charge in [-0.05, 0) is 55.4 Å². The van der Waals surface area contributed by atoms with E-state index >= 15 is 4.79 Å². The third kappa shape index (κ3) is 7.74. The molecule has 9 atom stereocenters. The number of ether oxygens (including phenoxy) is 3. The highest BCUT2D eigenvalue weighted by molar-refractivity contribution is 9.09. The summed E-state index contributed by atoms with van der Waals surface area (Å²) in [6.45, 7) is 15.1. The van der Waals surface area contributed by atoms with Crippen molar-refractivity contribution < 1.29 is 38.5 Å². The number of nitrogens with zero attached hydrogens (tertiary/aromatic N) is 2. The standard InChI is InChI=1S/C41H52BrN3O8/c1-8-10-16-32(47)43-29(23-51-7)35(27-14-12-11-13-15-27)52-40(50)33-34-38(48)45(31(22-46)24(3)4)37(41(34)21-28(42)36(33)53-41)39(49)44(19-9-2)30-20-25(5)17-18-26(30)6/h8-9,11-15,17-18,20,24,28-29,31,33-37,46H,1-2,10,16,19,21-23H2,3-7H3,(H,43,47)/t28?,29-,31-,33-,34+,35-,36-,37-,41+/m0/s1. The lowest BCUT2D eigenvalue weighted by atomic mass is 9.70. The first-order chi connectivity index (χ1) is 25.3. The van der Waals surface area contributed by atoms with Crippen LogP contribution in [0, 0.1) is 31.6 Å². The molecule has 0 radical (unpaired) electrons. The average molecular weight is 795 g/mol. The summed E-state index contributed by atoms with van der Waals surface area (Å²) < 4.78 is 18.6. The number of benzene rings is 2. The Balaban J connectivity index is 1.58. The van der Waals surface area contributed by atoms with Crippen LogP contribution in [0.2, 0.25) is 0 Å². The highest BCUT2D eigenvalue weighted by atomic mass is 79.9. The molecule has 3 fully saturated rings. The number of alkyl halides is 1. The number of likely N-dealkylation sites (tertiary alicyclic amines) is 1. The fourth-order valence-electron chi connectivity index (χ4n) is 8.31. The summed E-state index contributed by atoms with van der Waals surface area (Å²) in [5, 5.41) is 13.7. The number of aliphatic hydroxyl groups is 1. The number of hydrogen-bond donors (Lipinski definition) is 2. The van der Waals surface area contributed by atoms with Crippen LogP contribution in [0.15, 0.2) is 73.8 Å². The molecule has 1 spiro atoms. The highest BCUT2D eigenvalue weighted by Gasteiger charge is 2.78. The molecule has 0 aromatic heterocycles. The van der Waals surface area contributed by atoms with Gasteiger partial charge in [0.2, 0.25) is 11.8 Å². The second-order valence-electron chi connectivity index (χ2n) is 14.7. The quantitative estimate of drug-likeness (QED) is 0.130. The number of anilines is 1. The Kier molecular flexibility index (Phi) is 13.0. The molecule has 12 heteroatoms. The van der Waals surface area contributed by atoms with Crippen molar-refractivity contribution in [3.8, 4) is 0 Å². The van der Waals surface area contributed by atoms with Crippen molar-refractivity contribution in [2.75, 3.05) is 31.8 Å². The van der Waals surface area contributed by atoms with Crippen LogP contribution in [-0.2, 0) is 33.4 Å². The Morgan fingerprint density at radius 1 is 1.15 bits per heavy atom. The number of nitrogens with one attached hydrogen (secondary N) is 1. The summed E-state index contributed by atoms with van der Waals surface area (Å²) in [5.74, 6) is -4.16. The number of fused-ring (bicyclic) bond motifs is 1. The normalized spacial score (nSPS) is 26.2. The van der Waals surface area contributed by atoms with Gasteiger partial charge in [-0.25, -0.2) is 0 Å². The lowest BCUT2D eigenvalue weighted by molar-refractivity contribution is -0.163. The molecule has 1 unspecified atom stereocenters. The monoisotopic (exact) mass is 793 g/mol. The predicted octanol–water partition coefficient (Wildman–Crippen LogP) is 4.97. The van der Waals surface area contributed by atoms with Gasteiger partial charge in [-0.3, -0.25) is 19.2 Å². The summed E-state index contributed by atoms with van der Waals surface area (Å²) in [6.07, 6.45) is 2.48. The zero-order chi connectivity index (χ0) is 38.6. The molecule has 3 heterocycles. The number of aryl methyl sites for hydroxylation is 2. The summed E-state index contributed by atoms with van der Waals surface area (Å²) in [7, 11) is 1.50. The van der Waals surface area contributed by atoms with Gasteiger partial charge in [0.1, 0.15) is 17.7 Å². The van der Waals surface area contributed by atoms with E-state index in [1.807, 2.05) is 64.1 Å². The van der Waals surface area contributed by atoms with Gasteiger partial charge >= 0.3 is 5.97 Å². The molecule has 3 aliphatic heterocycles. The van der Waals surface area contributed by atoms with E-state index in [4.69, 9.17) is 14.2 Å². The number of halogens is 1. The van der Waals surface area contributed by atoms with Crippen LogP contribution in [0.4, 0.5) is 5.69 Å². The van der Waals surface area contributed by atoms with Crippen LogP contribution in [0.1, 0.15) is 55.9 Å². The van der Waals surface area contributed by atoms with Crippen molar-refractivity contribution in [1.29, 1.82) is 0 Å². The largest absolute Gasteiger partial charge is 0.455 e. The minimum atomic E-state index is -1.40. The van der Waals surface area contributed by atoms with Crippen molar-refractivity contribution in [3.63, 3.8) is 0 Å². The molecular formula is C41H52BrN3O8. The molecule has 5 rings (SSSR count). The lowest BCUT2D eigenvalue weighted by Crippen LogP contribution is -2.60. The third-order valence-corrected chi connectivity index (χ3v) is 11.6. The maximum Gasteiger partial charge on any atom is 0.313 e. The van der Waals surface area contributed by atoms with E-state index in [1.165, 1.54) is 12.0 Å². The van der Waals surface area contributed by atoms with Gasteiger partial charge in [0.25, 0.3) is 5.91 Å². The van der Waals surface area contributed by atoms with Gasteiger partial charge < -0.3 is 34.4 Å². The predicted molar refractivity (Wildman–Crippen MR) is 205 cm³/mol. The van der Waals surface area contributed by atoms with Crippen LogP contribution in [0.5, 0.6) is 0 Å². The Morgan fingerprint density at radius 3 is 2.49 bits per heavy atom. The van der Waals surface area contributed by atoms with Crippen LogP contribution in [-0.4, -0.2) is 95.2 Å². The van der Waals surface area contributed by atoms with Crippen LogP contribution < -0.4 is 10.2 Å². The van der Waals surface area contributed by atoms with Crippen molar-refractivity contribution in [2.45, 2.75) is 87.7 Å². The van der Waals surface area contributed by atoms with Gasteiger partial charge in [-0.15, -0.1) is 13.2 Å². The topological polar surface area (TPSA) is 135 Å². The first-order valence-electron chi connectivity index (χ1n) is 18.2. The molecule has 286 valence electrons. The molecule has 11 nitrogen and oxygen atoms in total. The van der Waals surface area contributed by atoms with E-state index in [-0.39, 0.29) is 48.6 Å². The SMILES string of the molecule is C=CCCC(=O)N[C@@H](COC)[C@@H](OC(=O)[C@@H]1[C@H]2O[C@@]3(CC2Br)[C@H](C(=O)N(CC=C)c2cc(C)ccc2C)N([C@@H](CO)C(C)C)C(=O)[C@@H]13)c1ccccc1. The van der Waals surface area contributed by atoms with Gasteiger partial charge in [-0.2, -0.15) is 0 Å². The Morgan fingerprint density at radius 2 is 1.87 bits per heavy atom. The number of allylic oxidation sites excluding steroid dienone is 1. The summed E-state index contributed by atoms with van der Waals surface area (Å²) in [5.41, 5.74) is 1.72. The van der Waals surface area contributed by atoms with Crippen LogP contribution in [0.25, 0.3) is 0 Å². The molecule has 2 N–H and O–H groups in total. The van der Waals surface area contributed by atoms with E-state index in [0.717, 1.165) is 11.1 Å². The summed E-state index contributed by atoms with van der Waals surface area (Å²) >= 11 is 3.75. The molecule has 2 aromatic carbocycles. The number of amides is 3. The van der Waals surface area contributed by atoms with Gasteiger partial charge in [-0.1, -0.05) is 84.4 Å². The Bertz CT molecular complexity index is 1690. The van der Waals surface area contributed by atoms with E-state index in [0.29, 0.717) is 17.7 Å². The maximum atomic E-state index is 15.1. The second kappa shape index (κ2) is 17.1. The van der Waals surface area contributed by atoms with E-state index in [9.17, 15) is 19.5 Å². The van der Waals surface area contributed by atoms with Crippen molar-refractivity contribution >= 4 is 45.3 Å². The average Bonchev–Trinajstić information content (AvgIpc) is 3.73. The molecule has 0 aliphatic carbocycles. The fourth-order valence-corrected chi connectivity index (χ4v) is 9.26. The molecule has 2 aromatic rings. The molecule has 53 heavy (non-hydrogen) atoms. The number of rotatable bonds is 17. The zero-order valence-electron chi connectivity index (χ0n) is 31.2. The van der Waals surface area contributed by atoms with Crippen molar-refractivity contribution in [3.05, 3.63) is 90.5 Å². The van der Waals surface area contributed by atoms with E-state index in [1.54, 1.807) is 29.2 Å². The Labute approximate surface area is 320 Å². The van der Waals surface area contributed by atoms with E-state index < -0.39 is 66.3 Å². The number of esters is 1. The number of carbonyl (C=O) groups excluding carboxylic acids is 4. The molecule has 0 saturated carbocycles. The van der Waals surface area contributed by atoms with Crippen LogP contribution >= 0.6 is 15.9 Å². The number of hydrogen-bond acceptors (Lipinski definition) is 8. The number of aliphatic hydroxyl groups excluding tert-OH is 1. The first-order valence-corrected chi connectivity index (χ1v) is 19.2. The summed E-state index contributed by atoms with van der Waals surface area (Å²) in [6, 6.07) is 12.2. The van der Waals surface area contributed by atoms with Crippen molar-refractivity contribution in [2.24, 2.45) is 17.8 Å². The van der Waals surface area contributed by atoms with E-state index in [2.05, 4.69) is 34.4 Å². The van der Waals surface area contributed by atoms with Gasteiger partial charge in [0, 0.05) is 30.6 Å². The molecule has 2 bridgehead atoms. The van der Waals surface area contributed by atoms with Crippen molar-refractivity contribution in [1.82, 2.24) is 10.2 Å². The fraction of sp³-hybridized carbons (Fsp3) is 0.512. The minimum Gasteiger partial charge on any atom is -0.455 e. The number of carbonyl (C=O) groups is 4. The number of methoxy groups -OCH3 is 1. The van der Waals surface area contributed by atoms with Gasteiger partial charge in [0.15, 0.2) is 0 Å². The molecule has 3 amide bonds. The molecule has 3 saturated heterocycles. The smallest absolute Gasteiger partial charge is 0.313 e. The lowest BCUT2D eigenvalue weighted by Gasteiger charge is -2.40. The van der Waals surface area contributed by atoms with Gasteiger partial charge in [0.05, 0.1) is 43.2 Å². The Hall–Kier alpha value is -3.84. The first kappa shape index (κ1) is 40.3. The molecule has 3 aliphatic rings. The zero-order valence-corrected chi connectivity index (χ0v) is 32.8. The highest BCUT2D eigenvalue weighted by Crippen LogP contribution is 2.61. The minimum absolute atomic E-state index is 0.0407. The van der Waals surface area contributed by atoms with Crippen LogP contribution in [0.3, 0.4) is 0 Å². The third-order valence-electron chi connectivity index (χ3n) is 10.8. The second-order valence-corrected chi connectivity index (χ2v) is 15.8.